The van der Waals surface area contributed by atoms with E-state index in [9.17, 15) is 4.79 Å². The highest BCUT2D eigenvalue weighted by Gasteiger charge is 2.27. The number of hydrogen-bond acceptors (Lipinski definition) is 4. The number of ether oxygens (including phenoxy) is 1. The second kappa shape index (κ2) is 5.65. The van der Waals surface area contributed by atoms with Gasteiger partial charge < -0.3 is 19.8 Å². The van der Waals surface area contributed by atoms with Gasteiger partial charge in [-0.2, -0.15) is 0 Å². The summed E-state index contributed by atoms with van der Waals surface area (Å²) in [6.07, 6.45) is 4.71. The average molecular weight is 236 g/mol. The number of nitrogens with one attached hydrogen (secondary N) is 2. The average Bonchev–Trinajstić information content (AvgIpc) is 2.97. The van der Waals surface area contributed by atoms with Gasteiger partial charge in [-0.1, -0.05) is 0 Å². The van der Waals surface area contributed by atoms with Crippen LogP contribution in [-0.4, -0.2) is 38.3 Å². The van der Waals surface area contributed by atoms with Crippen LogP contribution in [0.25, 0.3) is 6.08 Å². The summed E-state index contributed by atoms with van der Waals surface area (Å²) in [4.78, 5) is 11.6. The molecule has 0 saturated carbocycles. The molecule has 0 aliphatic carbocycles. The molecule has 1 fully saturated rings. The highest BCUT2D eigenvalue weighted by atomic mass is 16.5. The molecule has 0 bridgehead atoms. The molecule has 5 heteroatoms. The van der Waals surface area contributed by atoms with Crippen molar-refractivity contribution in [1.82, 2.24) is 10.6 Å². The summed E-state index contributed by atoms with van der Waals surface area (Å²) in [6, 6.07) is 3.59. The third-order valence-electron chi connectivity index (χ3n) is 2.73. The minimum Gasteiger partial charge on any atom is -0.465 e. The van der Waals surface area contributed by atoms with E-state index in [1.54, 1.807) is 31.6 Å². The van der Waals surface area contributed by atoms with Gasteiger partial charge in [-0.3, -0.25) is 4.79 Å². The molecule has 92 valence electrons. The van der Waals surface area contributed by atoms with Gasteiger partial charge in [0.05, 0.1) is 18.4 Å². The second-order valence-corrected chi connectivity index (χ2v) is 3.90. The molecular weight excluding hydrogens is 220 g/mol. The van der Waals surface area contributed by atoms with Crippen molar-refractivity contribution in [3.63, 3.8) is 0 Å². The standard InChI is InChI=1S/C12H16N2O3/c1-16-11-8-13-7-10(11)14-12(15)5-4-9-3-2-6-17-9/h2-6,10-11,13H,7-8H2,1H3,(H,14,15)/b5-4+/t10?,11-/m1/s1. The van der Waals surface area contributed by atoms with Gasteiger partial charge in [-0.15, -0.1) is 0 Å². The lowest BCUT2D eigenvalue weighted by molar-refractivity contribution is -0.117. The number of methoxy groups -OCH3 is 1. The van der Waals surface area contributed by atoms with E-state index >= 15 is 0 Å². The summed E-state index contributed by atoms with van der Waals surface area (Å²) in [6.45, 7) is 1.50. The summed E-state index contributed by atoms with van der Waals surface area (Å²) < 4.78 is 10.3. The molecule has 1 unspecified atom stereocenters. The zero-order valence-electron chi connectivity index (χ0n) is 9.68. The summed E-state index contributed by atoms with van der Waals surface area (Å²) in [5, 5.41) is 6.05. The summed E-state index contributed by atoms with van der Waals surface area (Å²) in [5.41, 5.74) is 0. The SMILES string of the molecule is CO[C@@H]1CNCC1NC(=O)/C=C/c1ccco1. The van der Waals surface area contributed by atoms with Gasteiger partial charge in [-0.25, -0.2) is 0 Å². The van der Waals surface area contributed by atoms with Crippen molar-refractivity contribution in [1.29, 1.82) is 0 Å². The maximum absolute atomic E-state index is 11.6. The van der Waals surface area contributed by atoms with E-state index in [0.717, 1.165) is 13.1 Å². The van der Waals surface area contributed by atoms with Crippen LogP contribution in [0.15, 0.2) is 28.9 Å². The molecule has 1 aliphatic rings. The minimum absolute atomic E-state index is 0.0220. The molecule has 2 N–H and O–H groups in total. The van der Waals surface area contributed by atoms with Crippen molar-refractivity contribution in [3.8, 4) is 0 Å². The molecule has 5 nitrogen and oxygen atoms in total. The molecule has 2 heterocycles. The first kappa shape index (κ1) is 11.9. The molecule has 1 aromatic rings. The van der Waals surface area contributed by atoms with Crippen LogP contribution in [-0.2, 0) is 9.53 Å². The van der Waals surface area contributed by atoms with Crippen molar-refractivity contribution < 1.29 is 13.9 Å². The fourth-order valence-electron chi connectivity index (χ4n) is 1.82. The van der Waals surface area contributed by atoms with Crippen LogP contribution in [0.5, 0.6) is 0 Å². The van der Waals surface area contributed by atoms with E-state index in [1.165, 1.54) is 6.08 Å². The van der Waals surface area contributed by atoms with E-state index in [-0.39, 0.29) is 18.1 Å². The zero-order valence-corrected chi connectivity index (χ0v) is 9.68. The maximum Gasteiger partial charge on any atom is 0.244 e. The van der Waals surface area contributed by atoms with E-state index in [2.05, 4.69) is 10.6 Å². The van der Waals surface area contributed by atoms with Crippen molar-refractivity contribution in [2.75, 3.05) is 20.2 Å². The molecule has 0 aromatic carbocycles. The van der Waals surface area contributed by atoms with Crippen LogP contribution in [0.3, 0.4) is 0 Å². The molecule has 1 aromatic heterocycles. The largest absolute Gasteiger partial charge is 0.465 e. The molecule has 1 aliphatic heterocycles. The van der Waals surface area contributed by atoms with Crippen LogP contribution < -0.4 is 10.6 Å². The first-order valence-electron chi connectivity index (χ1n) is 5.55. The fraction of sp³-hybridized carbons (Fsp3) is 0.417. The Bertz CT molecular complexity index is 386. The van der Waals surface area contributed by atoms with Gasteiger partial charge in [0.25, 0.3) is 0 Å². The fourth-order valence-corrected chi connectivity index (χ4v) is 1.82. The molecule has 0 spiro atoms. The van der Waals surface area contributed by atoms with E-state index in [0.29, 0.717) is 5.76 Å². The Hall–Kier alpha value is -1.59. The number of furan rings is 1. The zero-order chi connectivity index (χ0) is 12.1. The molecule has 2 atom stereocenters. The Morgan fingerprint density at radius 3 is 3.24 bits per heavy atom. The maximum atomic E-state index is 11.6. The predicted octanol–water partition coefficient (Wildman–Crippen LogP) is 0.396. The van der Waals surface area contributed by atoms with Crippen molar-refractivity contribution in [2.24, 2.45) is 0 Å². The Balaban J connectivity index is 1.85. The minimum atomic E-state index is -0.142. The van der Waals surface area contributed by atoms with Crippen molar-refractivity contribution in [2.45, 2.75) is 12.1 Å². The third kappa shape index (κ3) is 3.18. The number of hydrogen-bond donors (Lipinski definition) is 2. The first-order chi connectivity index (χ1) is 8.29. The van der Waals surface area contributed by atoms with Crippen LogP contribution in [0.1, 0.15) is 5.76 Å². The van der Waals surface area contributed by atoms with Crippen LogP contribution >= 0.6 is 0 Å². The quantitative estimate of drug-likeness (QED) is 0.743. The summed E-state index contributed by atoms with van der Waals surface area (Å²) in [5.74, 6) is 0.519. The van der Waals surface area contributed by atoms with Gasteiger partial charge >= 0.3 is 0 Å². The molecule has 0 radical (unpaired) electrons. The monoisotopic (exact) mass is 236 g/mol. The van der Waals surface area contributed by atoms with Crippen LogP contribution in [0, 0.1) is 0 Å². The van der Waals surface area contributed by atoms with E-state index in [1.807, 2.05) is 0 Å². The van der Waals surface area contributed by atoms with Crippen molar-refractivity contribution >= 4 is 12.0 Å². The lowest BCUT2D eigenvalue weighted by Crippen LogP contribution is -2.42. The number of rotatable bonds is 4. The smallest absolute Gasteiger partial charge is 0.244 e. The molecule has 1 amide bonds. The highest BCUT2D eigenvalue weighted by molar-refractivity contribution is 5.91. The molecular formula is C12H16N2O3. The highest BCUT2D eigenvalue weighted by Crippen LogP contribution is 2.05. The lowest BCUT2D eigenvalue weighted by atomic mass is 10.2. The summed E-state index contributed by atoms with van der Waals surface area (Å²) >= 11 is 0. The Morgan fingerprint density at radius 2 is 2.53 bits per heavy atom. The molecule has 17 heavy (non-hydrogen) atoms. The van der Waals surface area contributed by atoms with Crippen molar-refractivity contribution in [3.05, 3.63) is 30.2 Å². The van der Waals surface area contributed by atoms with Gasteiger partial charge in [0, 0.05) is 26.3 Å². The lowest BCUT2D eigenvalue weighted by Gasteiger charge is -2.17. The Morgan fingerprint density at radius 1 is 1.65 bits per heavy atom. The number of amides is 1. The molecule has 2 rings (SSSR count). The van der Waals surface area contributed by atoms with Gasteiger partial charge in [-0.05, 0) is 18.2 Å². The normalized spacial score (nSPS) is 24.3. The van der Waals surface area contributed by atoms with Crippen LogP contribution in [0.2, 0.25) is 0 Å². The summed E-state index contributed by atoms with van der Waals surface area (Å²) in [7, 11) is 1.65. The molecule has 1 saturated heterocycles. The second-order valence-electron chi connectivity index (χ2n) is 3.90. The van der Waals surface area contributed by atoms with Gasteiger partial charge in [0.15, 0.2) is 0 Å². The van der Waals surface area contributed by atoms with E-state index in [4.69, 9.17) is 9.15 Å². The number of carbonyl (C=O) groups is 1. The Kier molecular flexibility index (Phi) is 3.95. The predicted molar refractivity (Wildman–Crippen MR) is 63.3 cm³/mol. The first-order valence-corrected chi connectivity index (χ1v) is 5.55. The van der Waals surface area contributed by atoms with E-state index < -0.39 is 0 Å². The Labute approximate surface area is 99.8 Å². The topological polar surface area (TPSA) is 63.5 Å². The third-order valence-corrected chi connectivity index (χ3v) is 2.73. The van der Waals surface area contributed by atoms with Gasteiger partial charge in [0.2, 0.25) is 5.91 Å². The van der Waals surface area contributed by atoms with Crippen LogP contribution in [0.4, 0.5) is 0 Å². The van der Waals surface area contributed by atoms with Gasteiger partial charge in [0.1, 0.15) is 5.76 Å². The number of carbonyl (C=O) groups excluding carboxylic acids is 1.